The Hall–Kier alpha value is -2.80. The van der Waals surface area contributed by atoms with Gasteiger partial charge in [0, 0.05) is 11.1 Å². The minimum absolute atomic E-state index is 0.0106. The molecule has 2 aromatic carbocycles. The number of hydrogen-bond acceptors (Lipinski definition) is 4. The number of ether oxygens (including phenoxy) is 1. The topological polar surface area (TPSA) is 76.1 Å². The third-order valence-corrected chi connectivity index (χ3v) is 3.37. The molecular weight excluding hydrogens is 288 g/mol. The van der Waals surface area contributed by atoms with E-state index < -0.39 is 0 Å². The summed E-state index contributed by atoms with van der Waals surface area (Å²) in [5.41, 5.74) is 8.74. The van der Waals surface area contributed by atoms with E-state index in [2.05, 4.69) is 0 Å². The van der Waals surface area contributed by atoms with Gasteiger partial charge in [-0.25, -0.2) is 0 Å². The predicted octanol–water partition coefficient (Wildman–Crippen LogP) is 4.78. The molecule has 0 spiro atoms. The molecule has 0 heterocycles. The third kappa shape index (κ3) is 3.89. The summed E-state index contributed by atoms with van der Waals surface area (Å²) < 4.78 is 5.80. The fourth-order valence-corrected chi connectivity index (χ4v) is 2.35. The lowest BCUT2D eigenvalue weighted by atomic mass is 9.99. The molecule has 0 aliphatic rings. The van der Waals surface area contributed by atoms with Gasteiger partial charge in [-0.15, -0.1) is 0 Å². The van der Waals surface area contributed by atoms with Crippen molar-refractivity contribution in [1.29, 1.82) is 5.26 Å². The predicted molar refractivity (Wildman–Crippen MR) is 92.9 cm³/mol. The molecule has 4 heteroatoms. The van der Waals surface area contributed by atoms with Gasteiger partial charge < -0.3 is 10.5 Å². The molecule has 120 valence electrons. The van der Waals surface area contributed by atoms with Crippen LogP contribution in [0, 0.1) is 25.2 Å². The molecule has 0 aliphatic carbocycles. The number of anilines is 1. The number of rotatable bonds is 3. The van der Waals surface area contributed by atoms with Gasteiger partial charge in [-0.1, -0.05) is 26.0 Å². The van der Waals surface area contributed by atoms with Crippen molar-refractivity contribution in [1.82, 2.24) is 0 Å². The number of aryl methyl sites for hydroxylation is 1. The average Bonchev–Trinajstić information content (AvgIpc) is 2.52. The minimum atomic E-state index is -0.0106. The molecule has 0 saturated heterocycles. The standard InChI is InChI=1S/C17H16N2O2.C2H6/c1-10-7-8-15(11(2)17(10)12(3)20)21-16-6-4-5-14(19)13(16)9-18;1-2/h4-8H,19H2,1-3H3;1-2H3. The first-order chi connectivity index (χ1) is 11.0. The van der Waals surface area contributed by atoms with Crippen molar-refractivity contribution in [2.45, 2.75) is 34.6 Å². The largest absolute Gasteiger partial charge is 0.456 e. The molecule has 0 radical (unpaired) electrons. The van der Waals surface area contributed by atoms with Crippen molar-refractivity contribution in [3.63, 3.8) is 0 Å². The van der Waals surface area contributed by atoms with E-state index in [1.165, 1.54) is 6.92 Å². The Morgan fingerprint density at radius 2 is 1.78 bits per heavy atom. The minimum Gasteiger partial charge on any atom is -0.456 e. The second-order valence-corrected chi connectivity index (χ2v) is 4.87. The summed E-state index contributed by atoms with van der Waals surface area (Å²) in [6.07, 6.45) is 0. The van der Waals surface area contributed by atoms with Crippen LogP contribution in [-0.2, 0) is 0 Å². The molecule has 2 rings (SSSR count). The Balaban J connectivity index is 0.00000127. The Kier molecular flexibility index (Phi) is 6.35. The maximum absolute atomic E-state index is 11.7. The van der Waals surface area contributed by atoms with E-state index in [9.17, 15) is 4.79 Å². The summed E-state index contributed by atoms with van der Waals surface area (Å²) in [4.78, 5) is 11.7. The van der Waals surface area contributed by atoms with Crippen LogP contribution < -0.4 is 10.5 Å². The molecule has 0 saturated carbocycles. The van der Waals surface area contributed by atoms with Gasteiger partial charge in [-0.3, -0.25) is 4.79 Å². The van der Waals surface area contributed by atoms with E-state index in [-0.39, 0.29) is 5.78 Å². The van der Waals surface area contributed by atoms with E-state index in [4.69, 9.17) is 15.7 Å². The number of nitrogen functional groups attached to an aromatic ring is 1. The van der Waals surface area contributed by atoms with Gasteiger partial charge in [0.2, 0.25) is 0 Å². The van der Waals surface area contributed by atoms with Crippen molar-refractivity contribution in [2.75, 3.05) is 5.73 Å². The van der Waals surface area contributed by atoms with Crippen LogP contribution in [0.2, 0.25) is 0 Å². The van der Waals surface area contributed by atoms with Crippen LogP contribution in [0.5, 0.6) is 11.5 Å². The van der Waals surface area contributed by atoms with Gasteiger partial charge in [0.25, 0.3) is 0 Å². The number of nitriles is 1. The lowest BCUT2D eigenvalue weighted by Crippen LogP contribution is -2.02. The fraction of sp³-hybridized carbons (Fsp3) is 0.263. The Labute approximate surface area is 137 Å². The number of ketones is 1. The van der Waals surface area contributed by atoms with Crippen LogP contribution in [0.1, 0.15) is 47.8 Å². The van der Waals surface area contributed by atoms with Crippen LogP contribution >= 0.6 is 0 Å². The first-order valence-electron chi connectivity index (χ1n) is 7.53. The second-order valence-electron chi connectivity index (χ2n) is 4.87. The lowest BCUT2D eigenvalue weighted by molar-refractivity contribution is 0.101. The van der Waals surface area contributed by atoms with E-state index in [0.717, 1.165) is 11.1 Å². The number of carbonyl (C=O) groups excluding carboxylic acids is 1. The zero-order valence-corrected chi connectivity index (χ0v) is 14.2. The van der Waals surface area contributed by atoms with Gasteiger partial charge in [0.1, 0.15) is 23.1 Å². The van der Waals surface area contributed by atoms with Crippen molar-refractivity contribution in [3.8, 4) is 17.6 Å². The van der Waals surface area contributed by atoms with Gasteiger partial charge in [-0.05, 0) is 44.5 Å². The molecule has 0 amide bonds. The van der Waals surface area contributed by atoms with Crippen LogP contribution in [0.15, 0.2) is 30.3 Å². The normalized spacial score (nSPS) is 9.39. The molecule has 0 aliphatic heterocycles. The average molecular weight is 310 g/mol. The SMILES string of the molecule is CC.CC(=O)c1c(C)ccc(Oc2cccc(N)c2C#N)c1C. The maximum Gasteiger partial charge on any atom is 0.160 e. The molecule has 0 unspecified atom stereocenters. The van der Waals surface area contributed by atoms with E-state index in [0.29, 0.717) is 28.3 Å². The molecule has 0 bridgehead atoms. The number of nitrogens with two attached hydrogens (primary N) is 1. The van der Waals surface area contributed by atoms with Gasteiger partial charge in [0.05, 0.1) is 5.69 Å². The highest BCUT2D eigenvalue weighted by molar-refractivity contribution is 5.97. The number of carbonyl (C=O) groups is 1. The number of Topliss-reactive ketones (excluding diaryl/α,β-unsaturated/α-hetero) is 1. The molecule has 0 aromatic heterocycles. The molecule has 4 nitrogen and oxygen atoms in total. The number of benzene rings is 2. The molecular formula is C19H22N2O2. The molecule has 0 fully saturated rings. The summed E-state index contributed by atoms with van der Waals surface area (Å²) >= 11 is 0. The maximum atomic E-state index is 11.7. The van der Waals surface area contributed by atoms with E-state index >= 15 is 0 Å². The summed E-state index contributed by atoms with van der Waals surface area (Å²) in [6, 6.07) is 10.7. The van der Waals surface area contributed by atoms with Crippen molar-refractivity contribution < 1.29 is 9.53 Å². The Bertz CT molecular complexity index is 759. The first kappa shape index (κ1) is 18.2. The fourth-order valence-electron chi connectivity index (χ4n) is 2.35. The van der Waals surface area contributed by atoms with Crippen LogP contribution in [0.4, 0.5) is 5.69 Å². The zero-order valence-electron chi connectivity index (χ0n) is 14.2. The van der Waals surface area contributed by atoms with Crippen molar-refractivity contribution in [2.24, 2.45) is 0 Å². The summed E-state index contributed by atoms with van der Waals surface area (Å²) in [6.45, 7) is 9.24. The molecule has 2 aromatic rings. The zero-order chi connectivity index (χ0) is 17.6. The van der Waals surface area contributed by atoms with Crippen molar-refractivity contribution in [3.05, 3.63) is 52.6 Å². The molecule has 23 heavy (non-hydrogen) atoms. The lowest BCUT2D eigenvalue weighted by Gasteiger charge is -2.14. The Morgan fingerprint density at radius 1 is 1.13 bits per heavy atom. The van der Waals surface area contributed by atoms with E-state index in [1.54, 1.807) is 24.3 Å². The molecule has 0 atom stereocenters. The smallest absolute Gasteiger partial charge is 0.160 e. The number of hydrogen-bond donors (Lipinski definition) is 1. The van der Waals surface area contributed by atoms with Crippen LogP contribution in [-0.4, -0.2) is 5.78 Å². The van der Waals surface area contributed by atoms with Crippen LogP contribution in [0.3, 0.4) is 0 Å². The second kappa shape index (κ2) is 8.00. The summed E-state index contributed by atoms with van der Waals surface area (Å²) in [5, 5.41) is 9.17. The van der Waals surface area contributed by atoms with Crippen LogP contribution in [0.25, 0.3) is 0 Å². The highest BCUT2D eigenvalue weighted by Crippen LogP contribution is 2.32. The monoisotopic (exact) mass is 310 g/mol. The summed E-state index contributed by atoms with van der Waals surface area (Å²) in [7, 11) is 0. The third-order valence-electron chi connectivity index (χ3n) is 3.37. The van der Waals surface area contributed by atoms with E-state index in [1.807, 2.05) is 39.8 Å². The van der Waals surface area contributed by atoms with Gasteiger partial charge in [0.15, 0.2) is 5.78 Å². The summed E-state index contributed by atoms with van der Waals surface area (Å²) in [5.74, 6) is 0.926. The Morgan fingerprint density at radius 3 is 2.35 bits per heavy atom. The molecule has 2 N–H and O–H groups in total. The van der Waals surface area contributed by atoms with Gasteiger partial charge >= 0.3 is 0 Å². The van der Waals surface area contributed by atoms with Crippen molar-refractivity contribution >= 4 is 11.5 Å². The highest BCUT2D eigenvalue weighted by Gasteiger charge is 2.14. The van der Waals surface area contributed by atoms with Gasteiger partial charge in [-0.2, -0.15) is 5.26 Å². The quantitative estimate of drug-likeness (QED) is 0.654. The highest BCUT2D eigenvalue weighted by atomic mass is 16.5. The first-order valence-corrected chi connectivity index (χ1v) is 7.53. The number of nitrogens with zero attached hydrogens (tertiary/aromatic N) is 1.